The predicted molar refractivity (Wildman–Crippen MR) is 131 cm³/mol. The molecule has 0 radical (unpaired) electrons. The van der Waals surface area contributed by atoms with Crippen molar-refractivity contribution >= 4 is 35.1 Å². The Kier molecular flexibility index (Phi) is 6.11. The highest BCUT2D eigenvalue weighted by Crippen LogP contribution is 2.29. The molecule has 1 fully saturated rings. The number of hydrogen-bond acceptors (Lipinski definition) is 5. The molecule has 0 saturated heterocycles. The molecule has 11 heteroatoms. The number of amides is 2. The van der Waals surface area contributed by atoms with Crippen LogP contribution in [0.3, 0.4) is 0 Å². The van der Waals surface area contributed by atoms with Crippen LogP contribution in [0.1, 0.15) is 33.7 Å². The number of carbonyl (C=O) groups excluding carboxylic acids is 2. The molecule has 1 aliphatic rings. The third-order valence-electron chi connectivity index (χ3n) is 5.54. The molecule has 1 aliphatic carbocycles. The van der Waals surface area contributed by atoms with Crippen molar-refractivity contribution in [2.45, 2.75) is 18.9 Å². The Morgan fingerprint density at radius 3 is 2.47 bits per heavy atom. The molecule has 0 spiro atoms. The summed E-state index contributed by atoms with van der Waals surface area (Å²) in [7, 11) is 0. The van der Waals surface area contributed by atoms with Crippen LogP contribution in [0.2, 0.25) is 5.02 Å². The lowest BCUT2D eigenvalue weighted by Crippen LogP contribution is -2.25. The standard InChI is InChI=1S/C25H19ClF2N6O2/c26-17-9-6-13(22-18(27)11-19(28)23(29)32-22)10-16(17)24(35)31-21-12-20(25(36)30-14-7-8-14)33-34(21)15-4-2-1-3-5-15/h1-6,9-12,14H,7-8H2,(H2,29,32)(H,30,36)(H,31,35). The molecule has 0 aliphatic heterocycles. The van der Waals surface area contributed by atoms with Crippen molar-refractivity contribution in [1.82, 2.24) is 20.1 Å². The average Bonchev–Trinajstić information content (AvgIpc) is 3.58. The molecule has 2 aromatic heterocycles. The van der Waals surface area contributed by atoms with Gasteiger partial charge >= 0.3 is 0 Å². The van der Waals surface area contributed by atoms with E-state index in [9.17, 15) is 18.4 Å². The topological polar surface area (TPSA) is 115 Å². The molecule has 0 bridgehead atoms. The fraction of sp³-hybridized carbons (Fsp3) is 0.120. The van der Waals surface area contributed by atoms with Gasteiger partial charge < -0.3 is 16.4 Å². The Balaban J connectivity index is 1.49. The molecule has 8 nitrogen and oxygen atoms in total. The van der Waals surface area contributed by atoms with Gasteiger partial charge in [0.05, 0.1) is 16.3 Å². The van der Waals surface area contributed by atoms with Gasteiger partial charge in [-0.3, -0.25) is 9.59 Å². The van der Waals surface area contributed by atoms with Crippen LogP contribution < -0.4 is 16.4 Å². The van der Waals surface area contributed by atoms with Crippen LogP contribution in [0.5, 0.6) is 0 Å². The van der Waals surface area contributed by atoms with Crippen LogP contribution in [0.4, 0.5) is 20.4 Å². The van der Waals surface area contributed by atoms with Crippen molar-refractivity contribution in [2.24, 2.45) is 0 Å². The first-order valence-electron chi connectivity index (χ1n) is 11.0. The normalized spacial score (nSPS) is 12.9. The lowest BCUT2D eigenvalue weighted by atomic mass is 10.1. The number of nitrogen functional groups attached to an aromatic ring is 1. The average molecular weight is 509 g/mol. The zero-order valence-electron chi connectivity index (χ0n) is 18.6. The quantitative estimate of drug-likeness (QED) is 0.352. The van der Waals surface area contributed by atoms with Crippen LogP contribution in [0.25, 0.3) is 16.9 Å². The second-order valence-corrected chi connectivity index (χ2v) is 8.65. The van der Waals surface area contributed by atoms with E-state index in [1.165, 1.54) is 28.9 Å². The molecule has 5 rings (SSSR count). The molecule has 0 unspecified atom stereocenters. The number of nitrogens with two attached hydrogens (primary N) is 1. The van der Waals surface area contributed by atoms with Crippen molar-refractivity contribution in [3.8, 4) is 16.9 Å². The number of hydrogen-bond donors (Lipinski definition) is 3. The number of aromatic nitrogens is 3. The lowest BCUT2D eigenvalue weighted by Gasteiger charge is -2.11. The first kappa shape index (κ1) is 23.4. The predicted octanol–water partition coefficient (Wildman–Crippen LogP) is 4.59. The molecular formula is C25H19ClF2N6O2. The Morgan fingerprint density at radius 1 is 1.00 bits per heavy atom. The number of halogens is 3. The van der Waals surface area contributed by atoms with E-state index in [1.54, 1.807) is 24.3 Å². The van der Waals surface area contributed by atoms with Gasteiger partial charge in [0.1, 0.15) is 11.5 Å². The van der Waals surface area contributed by atoms with E-state index in [2.05, 4.69) is 20.7 Å². The van der Waals surface area contributed by atoms with E-state index in [1.807, 2.05) is 6.07 Å². The van der Waals surface area contributed by atoms with Gasteiger partial charge in [-0.2, -0.15) is 5.10 Å². The van der Waals surface area contributed by atoms with Gasteiger partial charge in [-0.1, -0.05) is 35.9 Å². The van der Waals surface area contributed by atoms with E-state index < -0.39 is 23.4 Å². The molecule has 182 valence electrons. The summed E-state index contributed by atoms with van der Waals surface area (Å²) in [6, 6.07) is 15.3. The fourth-order valence-electron chi connectivity index (χ4n) is 3.55. The highest BCUT2D eigenvalue weighted by atomic mass is 35.5. The van der Waals surface area contributed by atoms with Gasteiger partial charge in [0.15, 0.2) is 23.1 Å². The minimum atomic E-state index is -0.987. The van der Waals surface area contributed by atoms with Crippen molar-refractivity contribution < 1.29 is 18.4 Å². The third kappa shape index (κ3) is 4.76. The van der Waals surface area contributed by atoms with E-state index in [0.29, 0.717) is 11.8 Å². The van der Waals surface area contributed by atoms with Crippen molar-refractivity contribution in [1.29, 1.82) is 0 Å². The minimum Gasteiger partial charge on any atom is -0.381 e. The molecular weight excluding hydrogens is 490 g/mol. The minimum absolute atomic E-state index is 0.00283. The zero-order valence-corrected chi connectivity index (χ0v) is 19.4. The maximum Gasteiger partial charge on any atom is 0.272 e. The number of pyridine rings is 1. The third-order valence-corrected chi connectivity index (χ3v) is 5.87. The Bertz CT molecular complexity index is 1490. The van der Waals surface area contributed by atoms with Gasteiger partial charge in [-0.25, -0.2) is 18.4 Å². The maximum atomic E-state index is 14.4. The van der Waals surface area contributed by atoms with E-state index >= 15 is 0 Å². The largest absolute Gasteiger partial charge is 0.381 e. The number of rotatable bonds is 6. The molecule has 36 heavy (non-hydrogen) atoms. The van der Waals surface area contributed by atoms with E-state index in [-0.39, 0.29) is 45.3 Å². The monoisotopic (exact) mass is 508 g/mol. The fourth-order valence-corrected chi connectivity index (χ4v) is 3.75. The van der Waals surface area contributed by atoms with Gasteiger partial charge in [0.2, 0.25) is 0 Å². The van der Waals surface area contributed by atoms with Gasteiger partial charge in [-0.15, -0.1) is 0 Å². The molecule has 2 heterocycles. The SMILES string of the molecule is Nc1nc(-c2ccc(Cl)c(C(=O)Nc3cc(C(=O)NC4CC4)nn3-c3ccccc3)c2)c(F)cc1F. The van der Waals surface area contributed by atoms with Gasteiger partial charge in [0.25, 0.3) is 11.8 Å². The summed E-state index contributed by atoms with van der Waals surface area (Å²) in [6.07, 6.45) is 1.83. The molecule has 0 atom stereocenters. The van der Waals surface area contributed by atoms with Gasteiger partial charge in [0, 0.05) is 23.7 Å². The summed E-state index contributed by atoms with van der Waals surface area (Å²) in [5, 5.41) is 10.1. The van der Waals surface area contributed by atoms with Crippen LogP contribution in [-0.4, -0.2) is 32.6 Å². The number of nitrogens with zero attached hydrogens (tertiary/aromatic N) is 3. The number of carbonyl (C=O) groups is 2. The summed E-state index contributed by atoms with van der Waals surface area (Å²) in [5.41, 5.74) is 6.19. The first-order valence-corrected chi connectivity index (χ1v) is 11.4. The highest BCUT2D eigenvalue weighted by Gasteiger charge is 2.26. The van der Waals surface area contributed by atoms with Crippen LogP contribution in [0.15, 0.2) is 60.7 Å². The van der Waals surface area contributed by atoms with Crippen molar-refractivity contribution in [3.05, 3.63) is 88.6 Å². The molecule has 2 amide bonds. The number of benzene rings is 2. The maximum absolute atomic E-state index is 14.4. The second-order valence-electron chi connectivity index (χ2n) is 8.24. The van der Waals surface area contributed by atoms with Crippen molar-refractivity contribution in [2.75, 3.05) is 11.1 Å². The molecule has 4 aromatic rings. The number of anilines is 2. The zero-order chi connectivity index (χ0) is 25.4. The van der Waals surface area contributed by atoms with Gasteiger partial charge in [-0.05, 0) is 37.1 Å². The number of nitrogens with one attached hydrogen (secondary N) is 2. The lowest BCUT2D eigenvalue weighted by molar-refractivity contribution is 0.0944. The van der Waals surface area contributed by atoms with E-state index in [4.69, 9.17) is 17.3 Å². The first-order chi connectivity index (χ1) is 17.3. The summed E-state index contributed by atoms with van der Waals surface area (Å²) in [5.74, 6) is -3.16. The summed E-state index contributed by atoms with van der Waals surface area (Å²) >= 11 is 6.27. The molecule has 4 N–H and O–H groups in total. The Labute approximate surface area is 209 Å². The van der Waals surface area contributed by atoms with Crippen LogP contribution >= 0.6 is 11.6 Å². The summed E-state index contributed by atoms with van der Waals surface area (Å²) in [6.45, 7) is 0. The Morgan fingerprint density at radius 2 is 1.75 bits per heavy atom. The van der Waals surface area contributed by atoms with Crippen LogP contribution in [0, 0.1) is 11.6 Å². The smallest absolute Gasteiger partial charge is 0.272 e. The summed E-state index contributed by atoms with van der Waals surface area (Å²) in [4.78, 5) is 29.6. The second kappa shape index (κ2) is 9.38. The van der Waals surface area contributed by atoms with Crippen molar-refractivity contribution in [3.63, 3.8) is 0 Å². The molecule has 1 saturated carbocycles. The van der Waals surface area contributed by atoms with Crippen LogP contribution in [-0.2, 0) is 0 Å². The highest BCUT2D eigenvalue weighted by molar-refractivity contribution is 6.34. The Hall–Kier alpha value is -4.31. The van der Waals surface area contributed by atoms with E-state index in [0.717, 1.165) is 12.8 Å². The summed E-state index contributed by atoms with van der Waals surface area (Å²) < 4.78 is 29.3. The number of para-hydroxylation sites is 1. The molecule has 2 aromatic carbocycles.